The first-order chi connectivity index (χ1) is 9.20. The number of hydrogen-bond acceptors (Lipinski definition) is 3. The molecule has 2 N–H and O–H groups in total. The molecule has 4 heteroatoms. The van der Waals surface area contributed by atoms with Crippen LogP contribution < -0.4 is 5.32 Å². The molecule has 0 radical (unpaired) electrons. The van der Waals surface area contributed by atoms with Gasteiger partial charge in [-0.3, -0.25) is 9.69 Å². The van der Waals surface area contributed by atoms with Gasteiger partial charge in [-0.25, -0.2) is 0 Å². The second-order valence-corrected chi connectivity index (χ2v) is 5.13. The normalized spacial score (nSPS) is 14.7. The van der Waals surface area contributed by atoms with Gasteiger partial charge in [-0.1, -0.05) is 24.3 Å². The highest BCUT2D eigenvalue weighted by Crippen LogP contribution is 2.25. The summed E-state index contributed by atoms with van der Waals surface area (Å²) in [5.74, 6) is 0.0311. The molecular weight excluding hydrogens is 240 g/mol. The minimum atomic E-state index is 0.0311. The Labute approximate surface area is 114 Å². The summed E-state index contributed by atoms with van der Waals surface area (Å²) in [5, 5.41) is 11.9. The molecule has 1 aromatic carbocycles. The maximum Gasteiger partial charge on any atom is 0.234 e. The lowest BCUT2D eigenvalue weighted by Gasteiger charge is -2.20. The highest BCUT2D eigenvalue weighted by atomic mass is 16.3. The Morgan fingerprint density at radius 3 is 2.79 bits per heavy atom. The SMILES string of the molecule is Cc1ccccc1CNC(=O)CN(CCO)C1CC1. The molecule has 0 bridgehead atoms. The fourth-order valence-corrected chi connectivity index (χ4v) is 2.20. The second kappa shape index (κ2) is 6.68. The van der Waals surface area contributed by atoms with Crippen LogP contribution in [0.1, 0.15) is 24.0 Å². The third-order valence-corrected chi connectivity index (χ3v) is 3.53. The highest BCUT2D eigenvalue weighted by Gasteiger charge is 2.29. The minimum Gasteiger partial charge on any atom is -0.395 e. The average Bonchev–Trinajstić information content (AvgIpc) is 3.21. The Morgan fingerprint density at radius 1 is 1.42 bits per heavy atom. The van der Waals surface area contributed by atoms with E-state index in [1.807, 2.05) is 31.2 Å². The average molecular weight is 262 g/mol. The van der Waals surface area contributed by atoms with Gasteiger partial charge in [-0.05, 0) is 30.9 Å². The van der Waals surface area contributed by atoms with E-state index in [2.05, 4.69) is 10.2 Å². The molecule has 1 aliphatic rings. The number of amides is 1. The summed E-state index contributed by atoms with van der Waals surface area (Å²) < 4.78 is 0. The van der Waals surface area contributed by atoms with Gasteiger partial charge in [-0.15, -0.1) is 0 Å². The van der Waals surface area contributed by atoms with Gasteiger partial charge in [0.1, 0.15) is 0 Å². The van der Waals surface area contributed by atoms with Gasteiger partial charge in [0.25, 0.3) is 0 Å². The third kappa shape index (κ3) is 4.33. The number of aliphatic hydroxyl groups is 1. The largest absolute Gasteiger partial charge is 0.395 e. The van der Waals surface area contributed by atoms with E-state index in [-0.39, 0.29) is 12.5 Å². The summed E-state index contributed by atoms with van der Waals surface area (Å²) >= 11 is 0. The Hall–Kier alpha value is -1.39. The van der Waals surface area contributed by atoms with Crippen LogP contribution in [0.5, 0.6) is 0 Å². The smallest absolute Gasteiger partial charge is 0.234 e. The molecule has 104 valence electrons. The van der Waals surface area contributed by atoms with Gasteiger partial charge in [-0.2, -0.15) is 0 Å². The summed E-state index contributed by atoms with van der Waals surface area (Å²) in [6, 6.07) is 8.55. The molecule has 0 spiro atoms. The van der Waals surface area contributed by atoms with E-state index >= 15 is 0 Å². The van der Waals surface area contributed by atoms with E-state index in [0.29, 0.717) is 25.7 Å². The Bertz CT molecular complexity index is 430. The van der Waals surface area contributed by atoms with Crippen LogP contribution >= 0.6 is 0 Å². The van der Waals surface area contributed by atoms with E-state index in [1.165, 1.54) is 5.56 Å². The fraction of sp³-hybridized carbons (Fsp3) is 0.533. The first-order valence-electron chi connectivity index (χ1n) is 6.87. The minimum absolute atomic E-state index is 0.0311. The zero-order valence-corrected chi connectivity index (χ0v) is 11.4. The molecule has 1 fully saturated rings. The van der Waals surface area contributed by atoms with Crippen molar-refractivity contribution in [3.8, 4) is 0 Å². The zero-order valence-electron chi connectivity index (χ0n) is 11.4. The van der Waals surface area contributed by atoms with Crippen LogP contribution in [0.4, 0.5) is 0 Å². The number of nitrogens with zero attached hydrogens (tertiary/aromatic N) is 1. The Kier molecular flexibility index (Phi) is 4.93. The number of nitrogens with one attached hydrogen (secondary N) is 1. The molecule has 1 amide bonds. The van der Waals surface area contributed by atoms with Gasteiger partial charge in [0.15, 0.2) is 0 Å². The van der Waals surface area contributed by atoms with Crippen molar-refractivity contribution in [3.05, 3.63) is 35.4 Å². The molecule has 0 unspecified atom stereocenters. The van der Waals surface area contributed by atoms with Crippen LogP contribution in [0.25, 0.3) is 0 Å². The maximum absolute atomic E-state index is 11.9. The molecule has 1 saturated carbocycles. The summed E-state index contributed by atoms with van der Waals surface area (Å²) in [4.78, 5) is 14.0. The zero-order chi connectivity index (χ0) is 13.7. The molecule has 0 heterocycles. The maximum atomic E-state index is 11.9. The van der Waals surface area contributed by atoms with Gasteiger partial charge >= 0.3 is 0 Å². The van der Waals surface area contributed by atoms with Crippen molar-refractivity contribution in [1.29, 1.82) is 0 Å². The highest BCUT2D eigenvalue weighted by molar-refractivity contribution is 5.78. The number of aliphatic hydroxyl groups excluding tert-OH is 1. The monoisotopic (exact) mass is 262 g/mol. The van der Waals surface area contributed by atoms with E-state index < -0.39 is 0 Å². The van der Waals surface area contributed by atoms with E-state index in [1.54, 1.807) is 0 Å². The van der Waals surface area contributed by atoms with Crippen molar-refractivity contribution < 1.29 is 9.90 Å². The molecule has 0 aliphatic heterocycles. The lowest BCUT2D eigenvalue weighted by atomic mass is 10.1. The van der Waals surface area contributed by atoms with Crippen LogP contribution in [0.3, 0.4) is 0 Å². The van der Waals surface area contributed by atoms with Crippen molar-refractivity contribution >= 4 is 5.91 Å². The first kappa shape index (κ1) is 14.0. The lowest BCUT2D eigenvalue weighted by Crippen LogP contribution is -2.39. The molecule has 0 saturated heterocycles. The summed E-state index contributed by atoms with van der Waals surface area (Å²) in [6.07, 6.45) is 2.29. The lowest BCUT2D eigenvalue weighted by molar-refractivity contribution is -0.122. The topological polar surface area (TPSA) is 52.6 Å². The quantitative estimate of drug-likeness (QED) is 0.773. The molecule has 2 rings (SSSR count). The van der Waals surface area contributed by atoms with Gasteiger partial charge in [0.2, 0.25) is 5.91 Å². The molecule has 4 nitrogen and oxygen atoms in total. The van der Waals surface area contributed by atoms with E-state index in [9.17, 15) is 4.79 Å². The summed E-state index contributed by atoms with van der Waals surface area (Å²) in [5.41, 5.74) is 2.34. The summed E-state index contributed by atoms with van der Waals surface area (Å²) in [7, 11) is 0. The standard InChI is InChI=1S/C15H22N2O2/c1-12-4-2-3-5-13(12)10-16-15(19)11-17(8-9-18)14-6-7-14/h2-5,14,18H,6-11H2,1H3,(H,16,19). The Balaban J connectivity index is 1.79. The van der Waals surface area contributed by atoms with Gasteiger partial charge in [0, 0.05) is 19.1 Å². The number of carbonyl (C=O) groups is 1. The van der Waals surface area contributed by atoms with E-state index in [4.69, 9.17) is 5.11 Å². The van der Waals surface area contributed by atoms with Gasteiger partial charge < -0.3 is 10.4 Å². The van der Waals surface area contributed by atoms with Gasteiger partial charge in [0.05, 0.1) is 13.2 Å². The first-order valence-corrected chi connectivity index (χ1v) is 6.87. The molecule has 1 aliphatic carbocycles. The number of benzene rings is 1. The second-order valence-electron chi connectivity index (χ2n) is 5.13. The van der Waals surface area contributed by atoms with Crippen LogP contribution in [-0.2, 0) is 11.3 Å². The fourth-order valence-electron chi connectivity index (χ4n) is 2.20. The van der Waals surface area contributed by atoms with Crippen molar-refractivity contribution in [2.45, 2.75) is 32.4 Å². The number of carbonyl (C=O) groups excluding carboxylic acids is 1. The number of rotatable bonds is 7. The molecule has 0 aromatic heterocycles. The molecule has 19 heavy (non-hydrogen) atoms. The summed E-state index contributed by atoms with van der Waals surface area (Å²) in [6.45, 7) is 3.70. The van der Waals surface area contributed by atoms with Crippen molar-refractivity contribution in [1.82, 2.24) is 10.2 Å². The number of hydrogen-bond donors (Lipinski definition) is 2. The van der Waals surface area contributed by atoms with Crippen LogP contribution in [-0.4, -0.2) is 41.7 Å². The molecular formula is C15H22N2O2. The van der Waals surface area contributed by atoms with Crippen molar-refractivity contribution in [2.75, 3.05) is 19.7 Å². The third-order valence-electron chi connectivity index (χ3n) is 3.53. The van der Waals surface area contributed by atoms with Crippen LogP contribution in [0, 0.1) is 6.92 Å². The Morgan fingerprint density at radius 2 is 2.16 bits per heavy atom. The van der Waals surface area contributed by atoms with Crippen molar-refractivity contribution in [3.63, 3.8) is 0 Å². The van der Waals surface area contributed by atoms with Crippen molar-refractivity contribution in [2.24, 2.45) is 0 Å². The predicted molar refractivity (Wildman–Crippen MR) is 74.7 cm³/mol. The molecule has 1 aromatic rings. The van der Waals surface area contributed by atoms with Crippen LogP contribution in [0.15, 0.2) is 24.3 Å². The predicted octanol–water partition coefficient (Wildman–Crippen LogP) is 1.07. The van der Waals surface area contributed by atoms with Crippen LogP contribution in [0.2, 0.25) is 0 Å². The van der Waals surface area contributed by atoms with E-state index in [0.717, 1.165) is 18.4 Å². The number of aryl methyl sites for hydroxylation is 1. The molecule has 0 atom stereocenters.